The summed E-state index contributed by atoms with van der Waals surface area (Å²) in [5.41, 5.74) is 0. The number of morpholine rings is 1. The number of hydrogen-bond acceptors (Lipinski definition) is 6. The Morgan fingerprint density at radius 2 is 1.95 bits per heavy atom. The first kappa shape index (κ1) is 13.3. The number of ether oxygens (including phenoxy) is 4. The standard InChI is InChI=1S/C12H19NO6/c1-12(2)18-9-7(14)8(17-11(9)19-12)10(15)13-3-5-16-6-4-13/h7-9,11,14H,3-6H2,1-2H3/t7?,8?,9?,11-/m0/s1. The molecule has 0 aromatic rings. The van der Waals surface area contributed by atoms with Gasteiger partial charge in [0.05, 0.1) is 13.2 Å². The van der Waals surface area contributed by atoms with Crippen LogP contribution in [0.2, 0.25) is 0 Å². The van der Waals surface area contributed by atoms with E-state index < -0.39 is 30.4 Å². The molecule has 7 nitrogen and oxygen atoms in total. The summed E-state index contributed by atoms with van der Waals surface area (Å²) in [7, 11) is 0. The van der Waals surface area contributed by atoms with Crippen LogP contribution in [-0.4, -0.2) is 72.6 Å². The van der Waals surface area contributed by atoms with Gasteiger partial charge in [0.25, 0.3) is 5.91 Å². The van der Waals surface area contributed by atoms with Gasteiger partial charge < -0.3 is 29.0 Å². The third-order valence-corrected chi connectivity index (χ3v) is 3.58. The molecule has 3 heterocycles. The molecule has 108 valence electrons. The van der Waals surface area contributed by atoms with Crippen LogP contribution in [-0.2, 0) is 23.7 Å². The first-order valence-corrected chi connectivity index (χ1v) is 6.54. The lowest BCUT2D eigenvalue weighted by atomic mass is 10.1. The van der Waals surface area contributed by atoms with E-state index in [1.807, 2.05) is 0 Å². The summed E-state index contributed by atoms with van der Waals surface area (Å²) in [6, 6.07) is 0. The van der Waals surface area contributed by atoms with Crippen LogP contribution in [0, 0.1) is 0 Å². The maximum absolute atomic E-state index is 12.3. The lowest BCUT2D eigenvalue weighted by Gasteiger charge is -2.30. The van der Waals surface area contributed by atoms with Gasteiger partial charge in [-0.3, -0.25) is 4.79 Å². The Morgan fingerprint density at radius 3 is 2.58 bits per heavy atom. The van der Waals surface area contributed by atoms with Crippen LogP contribution in [0.15, 0.2) is 0 Å². The molecular weight excluding hydrogens is 254 g/mol. The van der Waals surface area contributed by atoms with E-state index >= 15 is 0 Å². The zero-order valence-corrected chi connectivity index (χ0v) is 11.1. The van der Waals surface area contributed by atoms with Gasteiger partial charge in [0, 0.05) is 13.1 Å². The molecule has 3 aliphatic heterocycles. The number of amides is 1. The van der Waals surface area contributed by atoms with Crippen molar-refractivity contribution in [1.82, 2.24) is 4.90 Å². The highest BCUT2D eigenvalue weighted by molar-refractivity contribution is 5.82. The molecule has 7 heteroatoms. The zero-order valence-electron chi connectivity index (χ0n) is 11.1. The third-order valence-electron chi connectivity index (χ3n) is 3.58. The van der Waals surface area contributed by atoms with Crippen molar-refractivity contribution in [3.8, 4) is 0 Å². The summed E-state index contributed by atoms with van der Waals surface area (Å²) >= 11 is 0. The van der Waals surface area contributed by atoms with E-state index in [1.165, 1.54) is 0 Å². The molecular formula is C12H19NO6. The molecule has 3 saturated heterocycles. The van der Waals surface area contributed by atoms with Crippen molar-refractivity contribution in [3.63, 3.8) is 0 Å². The Balaban J connectivity index is 1.66. The maximum Gasteiger partial charge on any atom is 0.254 e. The first-order chi connectivity index (χ1) is 8.98. The number of carbonyl (C=O) groups excluding carboxylic acids is 1. The maximum atomic E-state index is 12.3. The van der Waals surface area contributed by atoms with Gasteiger partial charge in [0.15, 0.2) is 18.2 Å². The molecule has 3 unspecified atom stereocenters. The molecule has 0 aromatic heterocycles. The molecule has 0 bridgehead atoms. The Kier molecular flexibility index (Phi) is 3.26. The molecule has 4 atom stereocenters. The Morgan fingerprint density at radius 1 is 1.26 bits per heavy atom. The second-order valence-electron chi connectivity index (χ2n) is 5.45. The summed E-state index contributed by atoms with van der Waals surface area (Å²) in [6.45, 7) is 5.57. The molecule has 0 saturated carbocycles. The number of rotatable bonds is 1. The van der Waals surface area contributed by atoms with Crippen LogP contribution in [0.25, 0.3) is 0 Å². The molecule has 0 spiro atoms. The quantitative estimate of drug-likeness (QED) is 0.666. The number of fused-ring (bicyclic) bond motifs is 1. The highest BCUT2D eigenvalue weighted by Crippen LogP contribution is 2.37. The van der Waals surface area contributed by atoms with E-state index in [0.29, 0.717) is 26.3 Å². The summed E-state index contributed by atoms with van der Waals surface area (Å²) in [6.07, 6.45) is -3.20. The largest absolute Gasteiger partial charge is 0.387 e. The van der Waals surface area contributed by atoms with Gasteiger partial charge in [-0.05, 0) is 13.8 Å². The van der Waals surface area contributed by atoms with Crippen molar-refractivity contribution < 1.29 is 28.8 Å². The predicted octanol–water partition coefficient (Wildman–Crippen LogP) is -0.917. The van der Waals surface area contributed by atoms with E-state index in [4.69, 9.17) is 18.9 Å². The van der Waals surface area contributed by atoms with Crippen molar-refractivity contribution >= 4 is 5.91 Å². The molecule has 3 rings (SSSR count). The van der Waals surface area contributed by atoms with Crippen molar-refractivity contribution in [2.24, 2.45) is 0 Å². The minimum absolute atomic E-state index is 0.227. The van der Waals surface area contributed by atoms with E-state index in [-0.39, 0.29) is 5.91 Å². The van der Waals surface area contributed by atoms with Crippen molar-refractivity contribution in [3.05, 3.63) is 0 Å². The van der Waals surface area contributed by atoms with E-state index in [1.54, 1.807) is 18.7 Å². The highest BCUT2D eigenvalue weighted by Gasteiger charge is 2.56. The van der Waals surface area contributed by atoms with Gasteiger partial charge in [-0.15, -0.1) is 0 Å². The lowest BCUT2D eigenvalue weighted by molar-refractivity contribution is -0.217. The summed E-state index contributed by atoms with van der Waals surface area (Å²) in [4.78, 5) is 13.9. The Hall–Kier alpha value is -0.730. The molecule has 0 aliphatic carbocycles. The minimum Gasteiger partial charge on any atom is -0.387 e. The van der Waals surface area contributed by atoms with Crippen LogP contribution >= 0.6 is 0 Å². The summed E-state index contributed by atoms with van der Waals surface area (Å²) in [5.74, 6) is -1.02. The number of nitrogens with zero attached hydrogens (tertiary/aromatic N) is 1. The number of aliphatic hydroxyl groups excluding tert-OH is 1. The predicted molar refractivity (Wildman–Crippen MR) is 62.1 cm³/mol. The second kappa shape index (κ2) is 4.68. The average Bonchev–Trinajstić information content (AvgIpc) is 2.84. The van der Waals surface area contributed by atoms with Crippen LogP contribution in [0.5, 0.6) is 0 Å². The van der Waals surface area contributed by atoms with Gasteiger partial charge in [-0.25, -0.2) is 0 Å². The molecule has 3 aliphatic rings. The Labute approximate surface area is 111 Å². The second-order valence-corrected chi connectivity index (χ2v) is 5.45. The summed E-state index contributed by atoms with van der Waals surface area (Å²) < 4.78 is 21.8. The third kappa shape index (κ3) is 2.36. The fourth-order valence-corrected chi connectivity index (χ4v) is 2.66. The first-order valence-electron chi connectivity index (χ1n) is 6.54. The Bertz CT molecular complexity index is 367. The highest BCUT2D eigenvalue weighted by atomic mass is 16.8. The molecule has 1 N–H and O–H groups in total. The molecule has 1 amide bonds. The zero-order chi connectivity index (χ0) is 13.6. The van der Waals surface area contributed by atoms with Crippen LogP contribution < -0.4 is 0 Å². The topological polar surface area (TPSA) is 77.5 Å². The lowest BCUT2D eigenvalue weighted by Crippen LogP contribution is -2.50. The van der Waals surface area contributed by atoms with E-state index in [2.05, 4.69) is 0 Å². The van der Waals surface area contributed by atoms with Gasteiger partial charge in [0.1, 0.15) is 12.2 Å². The molecule has 0 radical (unpaired) electrons. The fraction of sp³-hybridized carbons (Fsp3) is 0.917. The number of hydrogen-bond donors (Lipinski definition) is 1. The van der Waals surface area contributed by atoms with Gasteiger partial charge in [-0.2, -0.15) is 0 Å². The van der Waals surface area contributed by atoms with Crippen molar-refractivity contribution in [2.45, 2.75) is 44.2 Å². The molecule has 19 heavy (non-hydrogen) atoms. The van der Waals surface area contributed by atoms with Crippen LogP contribution in [0.1, 0.15) is 13.8 Å². The van der Waals surface area contributed by atoms with E-state index in [9.17, 15) is 9.90 Å². The molecule has 3 fully saturated rings. The van der Waals surface area contributed by atoms with Crippen LogP contribution in [0.3, 0.4) is 0 Å². The minimum atomic E-state index is -0.998. The van der Waals surface area contributed by atoms with E-state index in [0.717, 1.165) is 0 Å². The number of aliphatic hydroxyl groups is 1. The van der Waals surface area contributed by atoms with Crippen LogP contribution in [0.4, 0.5) is 0 Å². The van der Waals surface area contributed by atoms with Gasteiger partial charge >= 0.3 is 0 Å². The number of carbonyl (C=O) groups is 1. The monoisotopic (exact) mass is 273 g/mol. The normalized spacial score (nSPS) is 41.3. The van der Waals surface area contributed by atoms with Gasteiger partial charge in [0.2, 0.25) is 0 Å². The van der Waals surface area contributed by atoms with Gasteiger partial charge in [-0.1, -0.05) is 0 Å². The molecule has 0 aromatic carbocycles. The van der Waals surface area contributed by atoms with Crippen molar-refractivity contribution in [2.75, 3.05) is 26.3 Å². The SMILES string of the molecule is CC1(C)OC2C(O)C(C(=O)N3CCOCC3)O[C@H]2O1. The fourth-order valence-electron chi connectivity index (χ4n) is 2.66. The van der Waals surface area contributed by atoms with Crippen molar-refractivity contribution in [1.29, 1.82) is 0 Å². The summed E-state index contributed by atoms with van der Waals surface area (Å²) in [5, 5.41) is 10.2. The smallest absolute Gasteiger partial charge is 0.254 e. The average molecular weight is 273 g/mol.